The predicted octanol–water partition coefficient (Wildman–Crippen LogP) is -0.560. The van der Waals surface area contributed by atoms with Crippen LogP contribution in [0.1, 0.15) is 0 Å². The zero-order valence-electron chi connectivity index (χ0n) is 7.05. The summed E-state index contributed by atoms with van der Waals surface area (Å²) in [5, 5.41) is 9.04. The van der Waals surface area contributed by atoms with Crippen LogP contribution in [0.25, 0.3) is 0 Å². The molecule has 1 aliphatic rings. The monoisotopic (exact) mass is 218 g/mol. The fourth-order valence-electron chi connectivity index (χ4n) is 0.766. The lowest BCUT2D eigenvalue weighted by Crippen LogP contribution is -2.18. The van der Waals surface area contributed by atoms with Crippen LogP contribution in [0, 0.1) is 0 Å². The minimum atomic E-state index is -3.94. The highest BCUT2D eigenvalue weighted by molar-refractivity contribution is 7.86. The first kappa shape index (κ1) is 10.5. The molecule has 0 fully saturated rings. The van der Waals surface area contributed by atoms with Crippen molar-refractivity contribution in [2.45, 2.75) is 0 Å². The number of aliphatic hydroxyl groups is 1. The molecule has 0 spiro atoms. The summed E-state index contributed by atoms with van der Waals surface area (Å²) in [6, 6.07) is 0. The molecular weight excluding hydrogens is 212 g/mol. The molecule has 1 rings (SSSR count). The second kappa shape index (κ2) is 3.26. The highest BCUT2D eigenvalue weighted by Gasteiger charge is 2.26. The maximum atomic E-state index is 11.0. The van der Waals surface area contributed by atoms with Crippen LogP contribution < -0.4 is 0 Å². The third-order valence-corrected chi connectivity index (χ3v) is 1.76. The van der Waals surface area contributed by atoms with Gasteiger partial charge in [0.15, 0.2) is 0 Å². The van der Waals surface area contributed by atoms with Crippen molar-refractivity contribution in [3.05, 3.63) is 23.7 Å². The Morgan fingerprint density at radius 3 is 2.21 bits per heavy atom. The lowest BCUT2D eigenvalue weighted by molar-refractivity contribution is -0.118. The molecule has 76 valence electrons. The van der Waals surface area contributed by atoms with Crippen molar-refractivity contribution in [1.29, 1.82) is 0 Å². The van der Waals surface area contributed by atoms with E-state index in [2.05, 4.69) is 4.18 Å². The van der Waals surface area contributed by atoms with E-state index >= 15 is 0 Å². The van der Waals surface area contributed by atoms with E-state index in [4.69, 9.17) is 5.11 Å². The molecular formula is C7H6O6S. The van der Waals surface area contributed by atoms with Crippen molar-refractivity contribution in [2.75, 3.05) is 6.26 Å². The molecule has 0 aromatic carbocycles. The molecule has 0 heterocycles. The topological polar surface area (TPSA) is 97.7 Å². The van der Waals surface area contributed by atoms with Crippen LogP contribution in [-0.2, 0) is 23.9 Å². The minimum absolute atomic E-state index is 0.698. The standard InChI is InChI=1S/C7H6O6S/c1-14(11,12)13-7-5(9)3-2-4(8)6(7)10/h2-3,10H,1H3. The normalized spacial score (nSPS) is 17.5. The molecule has 0 unspecified atom stereocenters. The molecule has 0 aliphatic heterocycles. The first-order valence-corrected chi connectivity index (χ1v) is 5.22. The second-order valence-corrected chi connectivity index (χ2v) is 4.10. The van der Waals surface area contributed by atoms with Gasteiger partial charge in [-0.25, -0.2) is 0 Å². The van der Waals surface area contributed by atoms with Gasteiger partial charge in [0, 0.05) is 0 Å². The van der Waals surface area contributed by atoms with Crippen LogP contribution in [-0.4, -0.2) is 31.3 Å². The first-order valence-electron chi connectivity index (χ1n) is 3.40. The molecule has 7 heteroatoms. The average Bonchev–Trinajstić information content (AvgIpc) is 2.04. The van der Waals surface area contributed by atoms with E-state index < -0.39 is 33.2 Å². The maximum absolute atomic E-state index is 11.0. The summed E-state index contributed by atoms with van der Waals surface area (Å²) in [6.07, 6.45) is 2.35. The number of aliphatic hydroxyl groups excluding tert-OH is 1. The average molecular weight is 218 g/mol. The van der Waals surface area contributed by atoms with E-state index in [1.165, 1.54) is 0 Å². The van der Waals surface area contributed by atoms with E-state index in [1.807, 2.05) is 0 Å². The van der Waals surface area contributed by atoms with Gasteiger partial charge in [0.1, 0.15) is 0 Å². The zero-order valence-corrected chi connectivity index (χ0v) is 7.87. The van der Waals surface area contributed by atoms with Crippen LogP contribution >= 0.6 is 0 Å². The van der Waals surface area contributed by atoms with E-state index in [0.29, 0.717) is 6.26 Å². The van der Waals surface area contributed by atoms with Gasteiger partial charge in [-0.3, -0.25) is 9.59 Å². The van der Waals surface area contributed by atoms with Crippen LogP contribution in [0.2, 0.25) is 0 Å². The molecule has 0 radical (unpaired) electrons. The Kier molecular flexibility index (Phi) is 2.43. The molecule has 14 heavy (non-hydrogen) atoms. The van der Waals surface area contributed by atoms with Crippen LogP contribution in [0.15, 0.2) is 23.7 Å². The smallest absolute Gasteiger partial charge is 0.306 e. The van der Waals surface area contributed by atoms with Crippen molar-refractivity contribution in [2.24, 2.45) is 0 Å². The van der Waals surface area contributed by atoms with Crippen molar-refractivity contribution in [3.63, 3.8) is 0 Å². The number of ketones is 2. The van der Waals surface area contributed by atoms with Crippen molar-refractivity contribution >= 4 is 21.7 Å². The number of carbonyl (C=O) groups excluding carboxylic acids is 2. The van der Waals surface area contributed by atoms with Gasteiger partial charge in [0.25, 0.3) is 0 Å². The van der Waals surface area contributed by atoms with Crippen molar-refractivity contribution < 1.29 is 27.3 Å². The molecule has 1 N–H and O–H groups in total. The third-order valence-electron chi connectivity index (χ3n) is 1.29. The molecule has 0 saturated heterocycles. The van der Waals surface area contributed by atoms with E-state index in [-0.39, 0.29) is 0 Å². The minimum Gasteiger partial charge on any atom is -0.501 e. The fourth-order valence-corrected chi connectivity index (χ4v) is 1.23. The zero-order chi connectivity index (χ0) is 10.9. The number of hydrogen-bond donors (Lipinski definition) is 1. The van der Waals surface area contributed by atoms with E-state index in [1.54, 1.807) is 0 Å². The summed E-state index contributed by atoms with van der Waals surface area (Å²) in [5.74, 6) is -3.60. The molecule has 0 saturated carbocycles. The van der Waals surface area contributed by atoms with Gasteiger partial charge in [0.2, 0.25) is 23.1 Å². The van der Waals surface area contributed by atoms with Crippen LogP contribution in [0.5, 0.6) is 0 Å². The number of carbonyl (C=O) groups is 2. The summed E-state index contributed by atoms with van der Waals surface area (Å²) in [7, 11) is -3.94. The fraction of sp³-hybridized carbons (Fsp3) is 0.143. The Bertz CT molecular complexity index is 453. The van der Waals surface area contributed by atoms with Crippen molar-refractivity contribution in [3.8, 4) is 0 Å². The SMILES string of the molecule is CS(=O)(=O)OC1=C(O)C(=O)C=CC1=O. The molecule has 0 amide bonds. The molecule has 0 atom stereocenters. The number of hydrogen-bond acceptors (Lipinski definition) is 6. The van der Waals surface area contributed by atoms with Gasteiger partial charge in [-0.2, -0.15) is 8.42 Å². The Labute approximate surface area is 79.6 Å². The van der Waals surface area contributed by atoms with Gasteiger partial charge >= 0.3 is 10.1 Å². The lowest BCUT2D eigenvalue weighted by Gasteiger charge is -2.08. The summed E-state index contributed by atoms with van der Waals surface area (Å²) in [5.41, 5.74) is 0. The third kappa shape index (κ3) is 2.19. The van der Waals surface area contributed by atoms with Gasteiger partial charge in [-0.15, -0.1) is 0 Å². The Morgan fingerprint density at radius 1 is 1.21 bits per heavy atom. The molecule has 0 aromatic heterocycles. The van der Waals surface area contributed by atoms with Crippen molar-refractivity contribution in [1.82, 2.24) is 0 Å². The van der Waals surface area contributed by atoms with Gasteiger partial charge in [-0.05, 0) is 12.2 Å². The maximum Gasteiger partial charge on any atom is 0.306 e. The quantitative estimate of drug-likeness (QED) is 0.492. The number of rotatable bonds is 2. The second-order valence-electron chi connectivity index (χ2n) is 2.53. The van der Waals surface area contributed by atoms with Gasteiger partial charge < -0.3 is 9.29 Å². The van der Waals surface area contributed by atoms with Gasteiger partial charge in [0.05, 0.1) is 6.26 Å². The highest BCUT2D eigenvalue weighted by Crippen LogP contribution is 2.14. The highest BCUT2D eigenvalue weighted by atomic mass is 32.2. The summed E-state index contributed by atoms with van der Waals surface area (Å²) < 4.78 is 25.4. The Morgan fingerprint density at radius 2 is 1.71 bits per heavy atom. The summed E-state index contributed by atoms with van der Waals surface area (Å²) >= 11 is 0. The van der Waals surface area contributed by atoms with Crippen LogP contribution in [0.4, 0.5) is 0 Å². The molecule has 0 aromatic rings. The Balaban J connectivity index is 3.13. The predicted molar refractivity (Wildman–Crippen MR) is 44.7 cm³/mol. The number of allylic oxidation sites excluding steroid dienone is 2. The molecule has 6 nitrogen and oxygen atoms in total. The van der Waals surface area contributed by atoms with Gasteiger partial charge in [-0.1, -0.05) is 0 Å². The summed E-state index contributed by atoms with van der Waals surface area (Å²) in [6.45, 7) is 0. The first-order chi connectivity index (χ1) is 6.31. The summed E-state index contributed by atoms with van der Waals surface area (Å²) in [4.78, 5) is 21.8. The van der Waals surface area contributed by atoms with E-state index in [0.717, 1.165) is 12.2 Å². The lowest BCUT2D eigenvalue weighted by atomic mass is 10.1. The van der Waals surface area contributed by atoms with E-state index in [9.17, 15) is 18.0 Å². The van der Waals surface area contributed by atoms with Crippen LogP contribution in [0.3, 0.4) is 0 Å². The molecule has 0 bridgehead atoms. The molecule has 1 aliphatic carbocycles. The Hall–Kier alpha value is -1.63. The largest absolute Gasteiger partial charge is 0.501 e.